The number of nitrogens with zero attached hydrogens (tertiary/aromatic N) is 2. The first-order valence-corrected chi connectivity index (χ1v) is 5.67. The Kier molecular flexibility index (Phi) is 3.04. The molecular formula is C11H10FIN2. The van der Waals surface area contributed by atoms with Gasteiger partial charge in [0.2, 0.25) is 0 Å². The van der Waals surface area contributed by atoms with E-state index in [1.165, 1.54) is 6.07 Å². The van der Waals surface area contributed by atoms with Gasteiger partial charge in [-0.3, -0.25) is 4.68 Å². The molecule has 0 spiro atoms. The zero-order valence-corrected chi connectivity index (χ0v) is 10.4. The van der Waals surface area contributed by atoms with Crippen molar-refractivity contribution >= 4 is 22.6 Å². The van der Waals surface area contributed by atoms with Crippen LogP contribution in [0.4, 0.5) is 4.39 Å². The van der Waals surface area contributed by atoms with E-state index in [2.05, 4.69) is 27.7 Å². The van der Waals surface area contributed by atoms with Crippen LogP contribution in [-0.2, 0) is 6.54 Å². The standard InChI is InChI=1S/C11H10FIN2/c1-8-2-3-10(12)6-9(8)7-15-5-4-11(13)14-15/h2-6H,7H2,1H3. The van der Waals surface area contributed by atoms with Crippen LogP contribution in [0.5, 0.6) is 0 Å². The largest absolute Gasteiger partial charge is 0.267 e. The summed E-state index contributed by atoms with van der Waals surface area (Å²) in [5, 5.41) is 4.26. The van der Waals surface area contributed by atoms with Crippen molar-refractivity contribution in [1.82, 2.24) is 9.78 Å². The molecule has 15 heavy (non-hydrogen) atoms. The van der Waals surface area contributed by atoms with Crippen LogP contribution in [0.3, 0.4) is 0 Å². The van der Waals surface area contributed by atoms with E-state index in [4.69, 9.17) is 0 Å². The molecule has 0 aliphatic heterocycles. The molecule has 1 heterocycles. The molecule has 0 saturated carbocycles. The summed E-state index contributed by atoms with van der Waals surface area (Å²) in [6.45, 7) is 2.59. The fraction of sp³-hybridized carbons (Fsp3) is 0.182. The van der Waals surface area contributed by atoms with Gasteiger partial charge >= 0.3 is 0 Å². The highest BCUT2D eigenvalue weighted by Crippen LogP contribution is 2.12. The average molecular weight is 316 g/mol. The SMILES string of the molecule is Cc1ccc(F)cc1Cn1ccc(I)n1. The van der Waals surface area contributed by atoms with Gasteiger partial charge in [0.1, 0.15) is 9.52 Å². The summed E-state index contributed by atoms with van der Waals surface area (Å²) in [5.74, 6) is -0.197. The van der Waals surface area contributed by atoms with E-state index >= 15 is 0 Å². The normalized spacial score (nSPS) is 10.6. The first-order valence-electron chi connectivity index (χ1n) is 4.59. The molecule has 0 radical (unpaired) electrons. The lowest BCUT2D eigenvalue weighted by atomic mass is 10.1. The summed E-state index contributed by atoms with van der Waals surface area (Å²) in [5.41, 5.74) is 2.05. The van der Waals surface area contributed by atoms with Crippen molar-refractivity contribution in [3.05, 3.63) is 51.1 Å². The Morgan fingerprint density at radius 1 is 1.40 bits per heavy atom. The van der Waals surface area contributed by atoms with Crippen LogP contribution in [-0.4, -0.2) is 9.78 Å². The molecule has 1 aromatic heterocycles. The topological polar surface area (TPSA) is 17.8 Å². The Hall–Kier alpha value is -0.910. The Morgan fingerprint density at radius 3 is 2.87 bits per heavy atom. The van der Waals surface area contributed by atoms with Crippen molar-refractivity contribution in [3.63, 3.8) is 0 Å². The van der Waals surface area contributed by atoms with Crippen LogP contribution in [0.1, 0.15) is 11.1 Å². The van der Waals surface area contributed by atoms with E-state index in [9.17, 15) is 4.39 Å². The average Bonchev–Trinajstić information content (AvgIpc) is 2.58. The molecular weight excluding hydrogens is 306 g/mol. The first kappa shape index (κ1) is 10.6. The van der Waals surface area contributed by atoms with Crippen LogP contribution in [0.25, 0.3) is 0 Å². The fourth-order valence-corrected chi connectivity index (χ4v) is 1.85. The minimum atomic E-state index is -0.197. The number of halogens is 2. The minimum absolute atomic E-state index is 0.197. The van der Waals surface area contributed by atoms with E-state index < -0.39 is 0 Å². The van der Waals surface area contributed by atoms with E-state index in [0.717, 1.165) is 14.8 Å². The fourth-order valence-electron chi connectivity index (χ4n) is 1.41. The van der Waals surface area contributed by atoms with E-state index in [1.807, 2.05) is 23.9 Å². The summed E-state index contributed by atoms with van der Waals surface area (Å²) in [6.07, 6.45) is 1.89. The number of hydrogen-bond donors (Lipinski definition) is 0. The molecule has 0 bridgehead atoms. The number of aryl methyl sites for hydroxylation is 1. The second kappa shape index (κ2) is 4.30. The molecule has 2 rings (SSSR count). The van der Waals surface area contributed by atoms with E-state index in [1.54, 1.807) is 12.1 Å². The maximum atomic E-state index is 13.0. The third-order valence-electron chi connectivity index (χ3n) is 2.25. The lowest BCUT2D eigenvalue weighted by Gasteiger charge is -2.05. The van der Waals surface area contributed by atoms with Crippen molar-refractivity contribution in [2.45, 2.75) is 13.5 Å². The van der Waals surface area contributed by atoms with Gasteiger partial charge in [0.05, 0.1) is 6.54 Å². The third kappa shape index (κ3) is 2.56. The number of hydrogen-bond acceptors (Lipinski definition) is 1. The summed E-state index contributed by atoms with van der Waals surface area (Å²) >= 11 is 2.15. The van der Waals surface area contributed by atoms with Crippen LogP contribution >= 0.6 is 22.6 Å². The molecule has 0 amide bonds. The molecule has 0 unspecified atom stereocenters. The van der Waals surface area contributed by atoms with Gasteiger partial charge in [-0.1, -0.05) is 6.07 Å². The van der Waals surface area contributed by atoms with Crippen molar-refractivity contribution in [2.24, 2.45) is 0 Å². The monoisotopic (exact) mass is 316 g/mol. The minimum Gasteiger partial charge on any atom is -0.267 e. The first-order chi connectivity index (χ1) is 7.15. The second-order valence-electron chi connectivity index (χ2n) is 3.41. The van der Waals surface area contributed by atoms with Gasteiger partial charge < -0.3 is 0 Å². The van der Waals surface area contributed by atoms with Gasteiger partial charge in [0.25, 0.3) is 0 Å². The van der Waals surface area contributed by atoms with Crippen molar-refractivity contribution in [1.29, 1.82) is 0 Å². The zero-order valence-electron chi connectivity index (χ0n) is 8.24. The molecule has 0 atom stereocenters. The molecule has 1 aromatic carbocycles. The summed E-state index contributed by atoms with van der Waals surface area (Å²) in [6, 6.07) is 6.75. The highest BCUT2D eigenvalue weighted by Gasteiger charge is 2.02. The van der Waals surface area contributed by atoms with E-state index in [-0.39, 0.29) is 5.82 Å². The number of aromatic nitrogens is 2. The van der Waals surface area contributed by atoms with Crippen molar-refractivity contribution in [3.8, 4) is 0 Å². The van der Waals surface area contributed by atoms with Crippen molar-refractivity contribution < 1.29 is 4.39 Å². The Balaban J connectivity index is 2.27. The van der Waals surface area contributed by atoms with Crippen LogP contribution in [0, 0.1) is 16.4 Å². The lowest BCUT2D eigenvalue weighted by molar-refractivity contribution is 0.617. The smallest absolute Gasteiger partial charge is 0.123 e. The summed E-state index contributed by atoms with van der Waals surface area (Å²) < 4.78 is 15.8. The molecule has 0 aliphatic rings. The lowest BCUT2D eigenvalue weighted by Crippen LogP contribution is -2.02. The predicted molar refractivity (Wildman–Crippen MR) is 65.2 cm³/mol. The molecule has 78 valence electrons. The maximum Gasteiger partial charge on any atom is 0.123 e. The molecule has 2 nitrogen and oxygen atoms in total. The molecule has 2 aromatic rings. The zero-order chi connectivity index (χ0) is 10.8. The highest BCUT2D eigenvalue weighted by atomic mass is 127. The molecule has 4 heteroatoms. The van der Waals surface area contributed by atoms with Crippen LogP contribution in [0.2, 0.25) is 0 Å². The number of rotatable bonds is 2. The van der Waals surface area contributed by atoms with Gasteiger partial charge in [-0.2, -0.15) is 5.10 Å². The summed E-state index contributed by atoms with van der Waals surface area (Å²) in [7, 11) is 0. The van der Waals surface area contributed by atoms with Gasteiger partial charge in [0, 0.05) is 6.20 Å². The van der Waals surface area contributed by atoms with Gasteiger partial charge in [-0.05, 0) is 58.8 Å². The predicted octanol–water partition coefficient (Wildman–Crippen LogP) is 2.98. The Morgan fingerprint density at radius 2 is 2.20 bits per heavy atom. The Bertz CT molecular complexity index is 479. The van der Waals surface area contributed by atoms with Crippen molar-refractivity contribution in [2.75, 3.05) is 0 Å². The summed E-state index contributed by atoms with van der Waals surface area (Å²) in [4.78, 5) is 0. The molecule has 0 saturated heterocycles. The molecule has 0 aliphatic carbocycles. The highest BCUT2D eigenvalue weighted by molar-refractivity contribution is 14.1. The van der Waals surface area contributed by atoms with E-state index in [0.29, 0.717) is 6.54 Å². The Labute approximate surface area is 101 Å². The second-order valence-corrected chi connectivity index (χ2v) is 4.51. The van der Waals surface area contributed by atoms with Gasteiger partial charge in [0.15, 0.2) is 0 Å². The van der Waals surface area contributed by atoms with Gasteiger partial charge in [-0.25, -0.2) is 4.39 Å². The molecule has 0 N–H and O–H groups in total. The van der Waals surface area contributed by atoms with Gasteiger partial charge in [-0.15, -0.1) is 0 Å². The molecule has 0 fully saturated rings. The third-order valence-corrected chi connectivity index (χ3v) is 2.83. The number of benzene rings is 1. The van der Waals surface area contributed by atoms with Crippen LogP contribution < -0.4 is 0 Å². The van der Waals surface area contributed by atoms with Crippen LogP contribution in [0.15, 0.2) is 30.5 Å². The maximum absolute atomic E-state index is 13.0. The quantitative estimate of drug-likeness (QED) is 0.779.